The maximum Gasteiger partial charge on any atom is 0.237 e. The van der Waals surface area contributed by atoms with Crippen LogP contribution in [0.15, 0.2) is 16.8 Å². The van der Waals surface area contributed by atoms with Gasteiger partial charge in [-0.1, -0.05) is 5.21 Å². The zero-order chi connectivity index (χ0) is 8.39. The first-order valence-corrected chi connectivity index (χ1v) is 3.47. The lowest BCUT2D eigenvalue weighted by Crippen LogP contribution is -2.00. The van der Waals surface area contributed by atoms with Crippen LogP contribution < -0.4 is 0 Å². The van der Waals surface area contributed by atoms with Gasteiger partial charge < -0.3 is 4.42 Å². The fourth-order valence-electron chi connectivity index (χ4n) is 0.857. The molecule has 0 saturated heterocycles. The highest BCUT2D eigenvalue weighted by molar-refractivity contribution is 4.80. The minimum Gasteiger partial charge on any atom is -0.424 e. The minimum atomic E-state index is 0.473. The van der Waals surface area contributed by atoms with Crippen molar-refractivity contribution in [3.05, 3.63) is 24.2 Å². The van der Waals surface area contributed by atoms with Gasteiger partial charge in [-0.05, 0) is 0 Å². The number of nitrogens with zero attached hydrogens (tertiary/aromatic N) is 5. The Labute approximate surface area is 68.2 Å². The van der Waals surface area contributed by atoms with Gasteiger partial charge in [0.2, 0.25) is 11.8 Å². The Balaban J connectivity index is 2.14. The first-order valence-electron chi connectivity index (χ1n) is 3.47. The molecule has 12 heavy (non-hydrogen) atoms. The maximum atomic E-state index is 5.15. The van der Waals surface area contributed by atoms with Crippen LogP contribution in [0.25, 0.3) is 0 Å². The smallest absolute Gasteiger partial charge is 0.237 e. The van der Waals surface area contributed by atoms with E-state index in [1.54, 1.807) is 24.0 Å². The molecule has 2 rings (SSSR count). The highest BCUT2D eigenvalue weighted by Gasteiger charge is 2.02. The summed E-state index contributed by atoms with van der Waals surface area (Å²) in [6.45, 7) is 2.22. The Bertz CT molecular complexity index is 352. The summed E-state index contributed by atoms with van der Waals surface area (Å²) in [7, 11) is 0. The van der Waals surface area contributed by atoms with Gasteiger partial charge in [0.1, 0.15) is 6.54 Å². The largest absolute Gasteiger partial charge is 0.424 e. The summed E-state index contributed by atoms with van der Waals surface area (Å²) in [6, 6.07) is 0. The molecule has 2 heterocycles. The number of hydrogen-bond acceptors (Lipinski definition) is 5. The number of hydrogen-bond donors (Lipinski definition) is 0. The molecular weight excluding hydrogens is 158 g/mol. The molecule has 2 aromatic heterocycles. The third-order valence-electron chi connectivity index (χ3n) is 1.34. The molecule has 6 heteroatoms. The van der Waals surface area contributed by atoms with E-state index in [1.807, 2.05) is 0 Å². The van der Waals surface area contributed by atoms with Crippen molar-refractivity contribution in [1.29, 1.82) is 0 Å². The van der Waals surface area contributed by atoms with E-state index in [-0.39, 0.29) is 0 Å². The molecule has 0 unspecified atom stereocenters. The average Bonchev–Trinajstić information content (AvgIpc) is 2.63. The van der Waals surface area contributed by atoms with Crippen molar-refractivity contribution < 1.29 is 4.42 Å². The molecule has 0 amide bonds. The molecule has 2 aromatic rings. The summed E-state index contributed by atoms with van der Waals surface area (Å²) in [5, 5.41) is 14.9. The third kappa shape index (κ3) is 1.31. The maximum absolute atomic E-state index is 5.15. The molecule has 0 aliphatic rings. The van der Waals surface area contributed by atoms with Crippen LogP contribution in [-0.2, 0) is 6.54 Å². The lowest BCUT2D eigenvalue weighted by molar-refractivity contribution is 0.441. The molecule has 62 valence electrons. The molecular formula is C6H7N5O. The first-order chi connectivity index (χ1) is 5.84. The van der Waals surface area contributed by atoms with E-state index in [0.717, 1.165) is 0 Å². The second-order valence-corrected chi connectivity index (χ2v) is 2.32. The van der Waals surface area contributed by atoms with E-state index in [9.17, 15) is 0 Å². The molecule has 0 aromatic carbocycles. The van der Waals surface area contributed by atoms with Crippen LogP contribution in [0.3, 0.4) is 0 Å². The van der Waals surface area contributed by atoms with Gasteiger partial charge in [-0.2, -0.15) is 0 Å². The van der Waals surface area contributed by atoms with Crippen molar-refractivity contribution in [2.75, 3.05) is 0 Å². The fourth-order valence-corrected chi connectivity index (χ4v) is 0.857. The summed E-state index contributed by atoms with van der Waals surface area (Å²) < 4.78 is 6.76. The summed E-state index contributed by atoms with van der Waals surface area (Å²) in [5.74, 6) is 1.10. The Kier molecular flexibility index (Phi) is 1.58. The van der Waals surface area contributed by atoms with Crippen molar-refractivity contribution in [2.45, 2.75) is 13.5 Å². The molecule has 0 N–H and O–H groups in total. The Morgan fingerprint density at radius 1 is 1.50 bits per heavy atom. The van der Waals surface area contributed by atoms with Gasteiger partial charge in [0.15, 0.2) is 0 Å². The normalized spacial score (nSPS) is 10.4. The summed E-state index contributed by atoms with van der Waals surface area (Å²) in [4.78, 5) is 0. The molecule has 6 nitrogen and oxygen atoms in total. The zero-order valence-corrected chi connectivity index (χ0v) is 6.51. The van der Waals surface area contributed by atoms with E-state index in [4.69, 9.17) is 4.42 Å². The summed E-state index contributed by atoms with van der Waals surface area (Å²) in [6.07, 6.45) is 3.34. The fraction of sp³-hybridized carbons (Fsp3) is 0.333. The molecule has 0 saturated carbocycles. The molecule has 0 atom stereocenters. The SMILES string of the molecule is Cc1nnc(Cn2ccnn2)o1. The summed E-state index contributed by atoms with van der Waals surface area (Å²) in [5.41, 5.74) is 0. The third-order valence-corrected chi connectivity index (χ3v) is 1.34. The highest BCUT2D eigenvalue weighted by Crippen LogP contribution is 1.98. The minimum absolute atomic E-state index is 0.473. The second kappa shape index (κ2) is 2.72. The van der Waals surface area contributed by atoms with Crippen molar-refractivity contribution >= 4 is 0 Å². The van der Waals surface area contributed by atoms with Crippen LogP contribution in [0, 0.1) is 6.92 Å². The Hall–Kier alpha value is -1.72. The van der Waals surface area contributed by atoms with Gasteiger partial charge in [-0.15, -0.1) is 15.3 Å². The van der Waals surface area contributed by atoms with Crippen LogP contribution >= 0.6 is 0 Å². The van der Waals surface area contributed by atoms with Crippen LogP contribution in [0.2, 0.25) is 0 Å². The van der Waals surface area contributed by atoms with Crippen LogP contribution in [0.5, 0.6) is 0 Å². The zero-order valence-electron chi connectivity index (χ0n) is 6.51. The van der Waals surface area contributed by atoms with Gasteiger partial charge >= 0.3 is 0 Å². The molecule has 0 radical (unpaired) electrons. The van der Waals surface area contributed by atoms with Crippen LogP contribution in [-0.4, -0.2) is 25.2 Å². The van der Waals surface area contributed by atoms with Crippen LogP contribution in [0.1, 0.15) is 11.8 Å². The van der Waals surface area contributed by atoms with E-state index < -0.39 is 0 Å². The number of aryl methyl sites for hydroxylation is 1. The van der Waals surface area contributed by atoms with E-state index in [0.29, 0.717) is 18.3 Å². The molecule has 0 aliphatic carbocycles. The van der Waals surface area contributed by atoms with Gasteiger partial charge in [0, 0.05) is 13.1 Å². The summed E-state index contributed by atoms with van der Waals surface area (Å²) >= 11 is 0. The van der Waals surface area contributed by atoms with Crippen molar-refractivity contribution in [1.82, 2.24) is 25.2 Å². The van der Waals surface area contributed by atoms with E-state index in [1.165, 1.54) is 0 Å². The Morgan fingerprint density at radius 3 is 3.00 bits per heavy atom. The molecule has 0 aliphatic heterocycles. The quantitative estimate of drug-likeness (QED) is 0.627. The van der Waals surface area contributed by atoms with E-state index >= 15 is 0 Å². The molecule has 0 fully saturated rings. The second-order valence-electron chi connectivity index (χ2n) is 2.32. The number of rotatable bonds is 2. The van der Waals surface area contributed by atoms with Crippen molar-refractivity contribution in [3.8, 4) is 0 Å². The standard InChI is InChI=1S/C6H7N5O/c1-5-8-9-6(12-5)4-11-3-2-7-10-11/h2-3H,4H2,1H3. The Morgan fingerprint density at radius 2 is 2.42 bits per heavy atom. The first kappa shape index (κ1) is 6.96. The average molecular weight is 165 g/mol. The molecule has 0 bridgehead atoms. The van der Waals surface area contributed by atoms with Gasteiger partial charge in [0.25, 0.3) is 0 Å². The predicted octanol–water partition coefficient (Wildman–Crippen LogP) is 0.0178. The van der Waals surface area contributed by atoms with Gasteiger partial charge in [-0.3, -0.25) is 0 Å². The monoisotopic (exact) mass is 165 g/mol. The van der Waals surface area contributed by atoms with Gasteiger partial charge in [0.05, 0.1) is 6.20 Å². The van der Waals surface area contributed by atoms with Gasteiger partial charge in [-0.25, -0.2) is 4.68 Å². The molecule has 0 spiro atoms. The highest BCUT2D eigenvalue weighted by atomic mass is 16.4. The predicted molar refractivity (Wildman–Crippen MR) is 38.2 cm³/mol. The lowest BCUT2D eigenvalue weighted by atomic mass is 10.6. The number of aromatic nitrogens is 5. The van der Waals surface area contributed by atoms with Crippen molar-refractivity contribution in [2.24, 2.45) is 0 Å². The van der Waals surface area contributed by atoms with E-state index in [2.05, 4.69) is 20.5 Å². The van der Waals surface area contributed by atoms with Crippen molar-refractivity contribution in [3.63, 3.8) is 0 Å². The lowest BCUT2D eigenvalue weighted by Gasteiger charge is -1.91. The topological polar surface area (TPSA) is 69.6 Å². The van der Waals surface area contributed by atoms with Crippen LogP contribution in [0.4, 0.5) is 0 Å².